The minimum absolute atomic E-state index is 0.0950. The smallest absolute Gasteiger partial charge is 0.244 e. The van der Waals surface area contributed by atoms with Crippen LogP contribution in [-0.2, 0) is 26.0 Å². The summed E-state index contributed by atoms with van der Waals surface area (Å²) < 4.78 is 26.3. The fourth-order valence-corrected chi connectivity index (χ4v) is 5.70. The monoisotopic (exact) mass is 553 g/mol. The predicted octanol–water partition coefficient (Wildman–Crippen LogP) is 4.67. The molecular weight excluding hydrogens is 521 g/mol. The minimum Gasteiger partial charge on any atom is -0.352 e. The zero-order valence-corrected chi connectivity index (χ0v) is 23.0. The van der Waals surface area contributed by atoms with Crippen molar-refractivity contribution in [2.45, 2.75) is 57.5 Å². The van der Waals surface area contributed by atoms with Gasteiger partial charge in [-0.15, -0.1) is 0 Å². The summed E-state index contributed by atoms with van der Waals surface area (Å²) in [5, 5.41) is 3.52. The predicted molar refractivity (Wildman–Crippen MR) is 145 cm³/mol. The molecule has 1 saturated carbocycles. The molecule has 2 aromatic carbocycles. The molecule has 1 unspecified atom stereocenters. The summed E-state index contributed by atoms with van der Waals surface area (Å²) in [7, 11) is -3.88. The second-order valence-corrected chi connectivity index (χ2v) is 12.0. The van der Waals surface area contributed by atoms with Crippen LogP contribution in [0.3, 0.4) is 0 Å². The number of amides is 2. The molecule has 10 heteroatoms. The molecule has 3 rings (SSSR count). The summed E-state index contributed by atoms with van der Waals surface area (Å²) in [4.78, 5) is 28.2. The van der Waals surface area contributed by atoms with E-state index in [9.17, 15) is 18.0 Å². The maximum Gasteiger partial charge on any atom is 0.244 e. The van der Waals surface area contributed by atoms with Crippen molar-refractivity contribution in [1.29, 1.82) is 0 Å². The number of hydrogen-bond donors (Lipinski definition) is 1. The Morgan fingerprint density at radius 3 is 2.36 bits per heavy atom. The van der Waals surface area contributed by atoms with E-state index in [-0.39, 0.29) is 34.2 Å². The molecule has 7 nitrogen and oxygen atoms in total. The Hall–Kier alpha value is -2.29. The van der Waals surface area contributed by atoms with Crippen LogP contribution in [-0.4, -0.2) is 56.6 Å². The molecule has 0 heterocycles. The van der Waals surface area contributed by atoms with E-state index in [0.29, 0.717) is 6.42 Å². The highest BCUT2D eigenvalue weighted by Crippen LogP contribution is 2.30. The first-order chi connectivity index (χ1) is 17.1. The number of nitrogens with zero attached hydrogens (tertiary/aromatic N) is 2. The average Bonchev–Trinajstić information content (AvgIpc) is 2.84. The summed E-state index contributed by atoms with van der Waals surface area (Å²) in [6.07, 6.45) is 6.67. The van der Waals surface area contributed by atoms with Crippen LogP contribution < -0.4 is 9.62 Å². The largest absolute Gasteiger partial charge is 0.352 e. The quantitative estimate of drug-likeness (QED) is 0.463. The van der Waals surface area contributed by atoms with Gasteiger partial charge in [0.2, 0.25) is 21.8 Å². The highest BCUT2D eigenvalue weighted by molar-refractivity contribution is 7.92. The number of nitrogens with one attached hydrogen (secondary N) is 1. The Morgan fingerprint density at radius 1 is 1.06 bits per heavy atom. The van der Waals surface area contributed by atoms with Crippen LogP contribution in [0.5, 0.6) is 0 Å². The van der Waals surface area contributed by atoms with Crippen molar-refractivity contribution in [1.82, 2.24) is 10.2 Å². The Morgan fingerprint density at radius 2 is 1.72 bits per heavy atom. The van der Waals surface area contributed by atoms with Crippen LogP contribution in [0.2, 0.25) is 10.0 Å². The Labute approximate surface area is 223 Å². The van der Waals surface area contributed by atoms with E-state index >= 15 is 0 Å². The van der Waals surface area contributed by atoms with Gasteiger partial charge in [0, 0.05) is 17.6 Å². The van der Waals surface area contributed by atoms with Crippen LogP contribution in [0.15, 0.2) is 48.5 Å². The lowest BCUT2D eigenvalue weighted by Gasteiger charge is -2.33. The van der Waals surface area contributed by atoms with E-state index in [4.69, 9.17) is 23.2 Å². The zero-order valence-electron chi connectivity index (χ0n) is 20.6. The van der Waals surface area contributed by atoms with Gasteiger partial charge in [0.15, 0.2) is 0 Å². The second-order valence-electron chi connectivity index (χ2n) is 9.21. The van der Waals surface area contributed by atoms with Crippen molar-refractivity contribution in [2.75, 3.05) is 23.7 Å². The second kappa shape index (κ2) is 12.8. The number of anilines is 1. The average molecular weight is 555 g/mol. The van der Waals surface area contributed by atoms with Crippen LogP contribution in [0.4, 0.5) is 5.69 Å². The zero-order chi connectivity index (χ0) is 26.3. The molecule has 1 N–H and O–H groups in total. The number of hydrogen-bond acceptors (Lipinski definition) is 4. The number of sulfonamides is 1. The number of carbonyl (C=O) groups excluding carboxylic acids is 2. The summed E-state index contributed by atoms with van der Waals surface area (Å²) in [6, 6.07) is 13.4. The molecule has 2 amide bonds. The highest BCUT2D eigenvalue weighted by Gasteiger charge is 2.31. The molecule has 1 atom stereocenters. The summed E-state index contributed by atoms with van der Waals surface area (Å²) in [5.74, 6) is -0.742. The molecule has 36 heavy (non-hydrogen) atoms. The van der Waals surface area contributed by atoms with Gasteiger partial charge in [-0.3, -0.25) is 13.9 Å². The fraction of sp³-hybridized carbons (Fsp3) is 0.462. The van der Waals surface area contributed by atoms with Gasteiger partial charge in [-0.25, -0.2) is 8.42 Å². The van der Waals surface area contributed by atoms with Crippen molar-refractivity contribution in [2.24, 2.45) is 0 Å². The maximum absolute atomic E-state index is 13.6. The van der Waals surface area contributed by atoms with E-state index in [0.717, 1.165) is 48.2 Å². The summed E-state index contributed by atoms with van der Waals surface area (Å²) in [6.45, 7) is 1.43. The fourth-order valence-electron chi connectivity index (χ4n) is 4.41. The van der Waals surface area contributed by atoms with E-state index in [1.807, 2.05) is 30.3 Å². The van der Waals surface area contributed by atoms with E-state index in [1.54, 1.807) is 13.0 Å². The number of benzene rings is 2. The van der Waals surface area contributed by atoms with Gasteiger partial charge in [-0.05, 0) is 49.9 Å². The van der Waals surface area contributed by atoms with Crippen molar-refractivity contribution in [3.63, 3.8) is 0 Å². The third-order valence-corrected chi connectivity index (χ3v) is 8.14. The molecule has 1 aliphatic rings. The summed E-state index contributed by atoms with van der Waals surface area (Å²) >= 11 is 12.4. The first-order valence-corrected chi connectivity index (χ1v) is 14.7. The van der Waals surface area contributed by atoms with Gasteiger partial charge >= 0.3 is 0 Å². The molecule has 0 saturated heterocycles. The van der Waals surface area contributed by atoms with Crippen molar-refractivity contribution in [3.8, 4) is 0 Å². The molecule has 0 aliphatic heterocycles. The number of halogens is 2. The molecule has 0 radical (unpaired) electrons. The SMILES string of the molecule is CC(C(=O)NC1CCCCC1)N(CCc1ccccc1)C(=O)CN(c1cc(Cl)ccc1Cl)S(C)(=O)=O. The molecule has 196 valence electrons. The molecular formula is C26H33Cl2N3O4S. The topological polar surface area (TPSA) is 86.8 Å². The van der Waals surface area contributed by atoms with E-state index in [1.165, 1.54) is 17.0 Å². The van der Waals surface area contributed by atoms with Crippen molar-refractivity contribution >= 4 is 50.7 Å². The van der Waals surface area contributed by atoms with Gasteiger partial charge in [-0.1, -0.05) is 72.8 Å². The van der Waals surface area contributed by atoms with Gasteiger partial charge in [-0.2, -0.15) is 0 Å². The maximum atomic E-state index is 13.6. The first-order valence-electron chi connectivity index (χ1n) is 12.1. The van der Waals surface area contributed by atoms with Crippen LogP contribution in [0.25, 0.3) is 0 Å². The van der Waals surface area contributed by atoms with Gasteiger partial charge in [0.1, 0.15) is 12.6 Å². The molecule has 1 aliphatic carbocycles. The van der Waals surface area contributed by atoms with Crippen LogP contribution in [0, 0.1) is 0 Å². The number of rotatable bonds is 10. The highest BCUT2D eigenvalue weighted by atomic mass is 35.5. The molecule has 1 fully saturated rings. The Bertz CT molecular complexity index is 1160. The van der Waals surface area contributed by atoms with Gasteiger partial charge in [0.25, 0.3) is 0 Å². The standard InChI is InChI=1S/C26H33Cl2N3O4S/c1-19(26(33)29-22-11-7-4-8-12-22)30(16-15-20-9-5-3-6-10-20)25(32)18-31(36(2,34)35)24-17-21(27)13-14-23(24)28/h3,5-6,9-10,13-14,17,19,22H,4,7-8,11-12,15-16,18H2,1-2H3,(H,29,33). The lowest BCUT2D eigenvalue weighted by molar-refractivity contribution is -0.139. The lowest BCUT2D eigenvalue weighted by atomic mass is 9.95. The van der Waals surface area contributed by atoms with Crippen molar-refractivity contribution < 1.29 is 18.0 Å². The number of carbonyl (C=O) groups is 2. The first kappa shape index (κ1) is 28.3. The third-order valence-electron chi connectivity index (χ3n) is 6.46. The Kier molecular flexibility index (Phi) is 10.0. The molecule has 2 aromatic rings. The van der Waals surface area contributed by atoms with Crippen LogP contribution in [0.1, 0.15) is 44.6 Å². The lowest BCUT2D eigenvalue weighted by Crippen LogP contribution is -2.53. The van der Waals surface area contributed by atoms with E-state index < -0.39 is 28.5 Å². The van der Waals surface area contributed by atoms with Gasteiger partial charge in [0.05, 0.1) is 17.0 Å². The summed E-state index contributed by atoms with van der Waals surface area (Å²) in [5.41, 5.74) is 1.12. The van der Waals surface area contributed by atoms with Gasteiger partial charge < -0.3 is 10.2 Å². The Balaban J connectivity index is 1.84. The molecule has 0 spiro atoms. The minimum atomic E-state index is -3.88. The molecule has 0 bridgehead atoms. The van der Waals surface area contributed by atoms with Crippen LogP contribution >= 0.6 is 23.2 Å². The van der Waals surface area contributed by atoms with E-state index in [2.05, 4.69) is 5.32 Å². The van der Waals surface area contributed by atoms with Crippen molar-refractivity contribution in [3.05, 3.63) is 64.1 Å². The molecule has 0 aromatic heterocycles. The normalized spacial score (nSPS) is 15.2. The third kappa shape index (κ3) is 7.85.